The Labute approximate surface area is 107 Å². The van der Waals surface area contributed by atoms with Gasteiger partial charge >= 0.3 is 6.01 Å². The molecule has 1 aliphatic rings. The van der Waals surface area contributed by atoms with Crippen molar-refractivity contribution in [2.75, 3.05) is 23.9 Å². The van der Waals surface area contributed by atoms with Crippen molar-refractivity contribution in [2.24, 2.45) is 11.3 Å². The molecule has 0 aliphatic carbocycles. The third-order valence-corrected chi connectivity index (χ3v) is 3.64. The average Bonchev–Trinajstić information content (AvgIpc) is 2.82. The molecule has 0 bridgehead atoms. The van der Waals surface area contributed by atoms with Gasteiger partial charge in [-0.25, -0.2) is 0 Å². The van der Waals surface area contributed by atoms with Crippen molar-refractivity contribution in [2.45, 2.75) is 33.6 Å². The van der Waals surface area contributed by atoms with Gasteiger partial charge in [0.2, 0.25) is 5.89 Å². The molecule has 0 aromatic carbocycles. The molecule has 1 aromatic rings. The number of hydrogen-bond donors (Lipinski definition) is 0. The molecule has 0 spiro atoms. The van der Waals surface area contributed by atoms with Crippen molar-refractivity contribution in [3.8, 4) is 0 Å². The van der Waals surface area contributed by atoms with E-state index in [1.165, 1.54) is 6.42 Å². The van der Waals surface area contributed by atoms with E-state index in [9.17, 15) is 0 Å². The number of hydrogen-bond acceptors (Lipinski definition) is 4. The highest BCUT2D eigenvalue weighted by atomic mass is 35.5. The van der Waals surface area contributed by atoms with Crippen molar-refractivity contribution in [3.05, 3.63) is 5.89 Å². The van der Waals surface area contributed by atoms with Crippen LogP contribution in [0.3, 0.4) is 0 Å². The molecular formula is C12H20ClN3O. The minimum atomic E-state index is 0.341. The first-order chi connectivity index (χ1) is 8.00. The Kier molecular flexibility index (Phi) is 3.61. The topological polar surface area (TPSA) is 42.2 Å². The van der Waals surface area contributed by atoms with E-state index < -0.39 is 0 Å². The summed E-state index contributed by atoms with van der Waals surface area (Å²) in [7, 11) is 0. The van der Waals surface area contributed by atoms with E-state index in [0.29, 0.717) is 35.5 Å². The van der Waals surface area contributed by atoms with Gasteiger partial charge in [0, 0.05) is 25.4 Å². The van der Waals surface area contributed by atoms with Gasteiger partial charge in [0.15, 0.2) is 0 Å². The second-order valence-electron chi connectivity index (χ2n) is 5.71. The molecular weight excluding hydrogens is 238 g/mol. The SMILES string of the molecule is CC(C)(C)C1CCN(c2nnc(CCCl)o2)C1. The van der Waals surface area contributed by atoms with Crippen LogP contribution >= 0.6 is 11.6 Å². The van der Waals surface area contributed by atoms with Gasteiger partial charge < -0.3 is 9.32 Å². The maximum absolute atomic E-state index is 5.65. The fourth-order valence-electron chi connectivity index (χ4n) is 2.20. The molecule has 2 rings (SSSR count). The van der Waals surface area contributed by atoms with Gasteiger partial charge in [0.25, 0.3) is 0 Å². The Morgan fingerprint density at radius 2 is 2.18 bits per heavy atom. The highest BCUT2D eigenvalue weighted by molar-refractivity contribution is 6.17. The van der Waals surface area contributed by atoms with Crippen LogP contribution in [-0.2, 0) is 6.42 Å². The highest BCUT2D eigenvalue weighted by Crippen LogP contribution is 2.35. The normalized spacial score (nSPS) is 21.2. The van der Waals surface area contributed by atoms with E-state index in [1.807, 2.05) is 0 Å². The number of aromatic nitrogens is 2. The molecule has 1 atom stereocenters. The summed E-state index contributed by atoms with van der Waals surface area (Å²) in [6.45, 7) is 8.87. The summed E-state index contributed by atoms with van der Waals surface area (Å²) in [6.07, 6.45) is 1.84. The lowest BCUT2D eigenvalue weighted by Crippen LogP contribution is -2.25. The van der Waals surface area contributed by atoms with Crippen LogP contribution in [0.4, 0.5) is 6.01 Å². The van der Waals surface area contributed by atoms with Crippen molar-refractivity contribution in [3.63, 3.8) is 0 Å². The molecule has 1 aromatic heterocycles. The maximum Gasteiger partial charge on any atom is 0.318 e. The third-order valence-electron chi connectivity index (χ3n) is 3.45. The van der Waals surface area contributed by atoms with Crippen molar-refractivity contribution in [1.82, 2.24) is 10.2 Å². The van der Waals surface area contributed by atoms with Crippen molar-refractivity contribution in [1.29, 1.82) is 0 Å². The summed E-state index contributed by atoms with van der Waals surface area (Å²) in [6, 6.07) is 0.650. The fourth-order valence-corrected chi connectivity index (χ4v) is 2.36. The molecule has 96 valence electrons. The minimum Gasteiger partial charge on any atom is -0.408 e. The molecule has 4 nitrogen and oxygen atoms in total. The Hall–Kier alpha value is -0.770. The lowest BCUT2D eigenvalue weighted by Gasteiger charge is -2.26. The molecule has 0 saturated carbocycles. The molecule has 2 heterocycles. The van der Waals surface area contributed by atoms with Crippen LogP contribution in [0.2, 0.25) is 0 Å². The predicted octanol–water partition coefficient (Wildman–Crippen LogP) is 2.72. The van der Waals surface area contributed by atoms with Crippen LogP contribution in [0.1, 0.15) is 33.1 Å². The monoisotopic (exact) mass is 257 g/mol. The zero-order valence-corrected chi connectivity index (χ0v) is 11.5. The van der Waals surface area contributed by atoms with Gasteiger partial charge in [-0.05, 0) is 17.8 Å². The Balaban J connectivity index is 2.00. The molecule has 0 amide bonds. The fraction of sp³-hybridized carbons (Fsp3) is 0.833. The van der Waals surface area contributed by atoms with Crippen LogP contribution < -0.4 is 4.90 Å². The molecule has 0 N–H and O–H groups in total. The standard InChI is InChI=1S/C12H20ClN3O/c1-12(2,3)9-5-7-16(8-9)11-15-14-10(17-11)4-6-13/h9H,4-8H2,1-3H3. The summed E-state index contributed by atoms with van der Waals surface area (Å²) in [5.41, 5.74) is 0.341. The lowest BCUT2D eigenvalue weighted by atomic mass is 9.80. The molecule has 1 fully saturated rings. The van der Waals surface area contributed by atoms with E-state index in [0.717, 1.165) is 13.1 Å². The van der Waals surface area contributed by atoms with Gasteiger partial charge in [-0.15, -0.1) is 16.7 Å². The van der Waals surface area contributed by atoms with E-state index >= 15 is 0 Å². The predicted molar refractivity (Wildman–Crippen MR) is 68.5 cm³/mol. The van der Waals surface area contributed by atoms with Crippen LogP contribution in [0.25, 0.3) is 0 Å². The van der Waals surface area contributed by atoms with Gasteiger partial charge in [-0.1, -0.05) is 25.9 Å². The van der Waals surface area contributed by atoms with E-state index in [2.05, 4.69) is 35.9 Å². The molecule has 1 saturated heterocycles. The lowest BCUT2D eigenvalue weighted by molar-refractivity contribution is 0.263. The van der Waals surface area contributed by atoms with Crippen LogP contribution in [-0.4, -0.2) is 29.2 Å². The third kappa shape index (κ3) is 2.92. The molecule has 0 radical (unpaired) electrons. The molecule has 5 heteroatoms. The number of aryl methyl sites for hydroxylation is 1. The first-order valence-corrected chi connectivity index (χ1v) is 6.67. The van der Waals surface area contributed by atoms with E-state index in [4.69, 9.17) is 16.0 Å². The van der Waals surface area contributed by atoms with Gasteiger partial charge in [-0.3, -0.25) is 0 Å². The highest BCUT2D eigenvalue weighted by Gasteiger charge is 2.33. The van der Waals surface area contributed by atoms with Gasteiger partial charge in [0.05, 0.1) is 0 Å². The average molecular weight is 258 g/mol. The Morgan fingerprint density at radius 1 is 1.41 bits per heavy atom. The van der Waals surface area contributed by atoms with Crippen LogP contribution in [0, 0.1) is 11.3 Å². The van der Waals surface area contributed by atoms with Crippen LogP contribution in [0.15, 0.2) is 4.42 Å². The summed E-state index contributed by atoms with van der Waals surface area (Å²) in [5.74, 6) is 1.84. The molecule has 1 aliphatic heterocycles. The second kappa shape index (κ2) is 4.84. The minimum absolute atomic E-state index is 0.341. The van der Waals surface area contributed by atoms with E-state index in [1.54, 1.807) is 0 Å². The zero-order chi connectivity index (χ0) is 12.5. The zero-order valence-electron chi connectivity index (χ0n) is 10.7. The summed E-state index contributed by atoms with van der Waals surface area (Å²) in [5, 5.41) is 8.08. The van der Waals surface area contributed by atoms with Crippen LogP contribution in [0.5, 0.6) is 0 Å². The number of anilines is 1. The van der Waals surface area contributed by atoms with Gasteiger partial charge in [0.1, 0.15) is 0 Å². The number of halogens is 1. The van der Waals surface area contributed by atoms with Crippen molar-refractivity contribution >= 4 is 17.6 Å². The summed E-state index contributed by atoms with van der Waals surface area (Å²) in [4.78, 5) is 2.18. The second-order valence-corrected chi connectivity index (χ2v) is 6.09. The smallest absolute Gasteiger partial charge is 0.318 e. The quantitative estimate of drug-likeness (QED) is 0.781. The number of nitrogens with zero attached hydrogens (tertiary/aromatic N) is 3. The Bertz CT molecular complexity index is 372. The largest absolute Gasteiger partial charge is 0.408 e. The van der Waals surface area contributed by atoms with Crippen molar-refractivity contribution < 1.29 is 4.42 Å². The first-order valence-electron chi connectivity index (χ1n) is 6.14. The number of alkyl halides is 1. The van der Waals surface area contributed by atoms with E-state index in [-0.39, 0.29) is 0 Å². The Morgan fingerprint density at radius 3 is 2.76 bits per heavy atom. The maximum atomic E-state index is 5.65. The number of rotatable bonds is 3. The molecule has 17 heavy (non-hydrogen) atoms. The first kappa shape index (κ1) is 12.7. The molecule has 1 unspecified atom stereocenters. The summed E-state index contributed by atoms with van der Waals surface area (Å²) < 4.78 is 5.59. The van der Waals surface area contributed by atoms with Gasteiger partial charge in [-0.2, -0.15) is 0 Å². The summed E-state index contributed by atoms with van der Waals surface area (Å²) >= 11 is 5.65.